The van der Waals surface area contributed by atoms with Crippen LogP contribution in [0.4, 0.5) is 58.4 Å². The molecule has 0 fully saturated rings. The van der Waals surface area contributed by atoms with Crippen molar-refractivity contribution in [2.75, 3.05) is 31.9 Å². The molecule has 0 saturated carbocycles. The average Bonchev–Trinajstić information content (AvgIpc) is 2.32. The Hall–Kier alpha value is -6.14. The molecule has 2 heterocycles. The first-order valence-electron chi connectivity index (χ1n) is 25.0. The van der Waals surface area contributed by atoms with Crippen LogP contribution < -0.4 is 31.9 Å². The molecule has 0 aliphatic heterocycles. The Morgan fingerprint density at radius 2 is 0.929 bits per heavy atom. The predicted molar refractivity (Wildman–Crippen MR) is 312 cm³/mol. The first kappa shape index (κ1) is 67.0. The van der Waals surface area contributed by atoms with Crippen molar-refractivity contribution in [2.24, 2.45) is 11.8 Å². The van der Waals surface area contributed by atoms with Crippen molar-refractivity contribution >= 4 is 137 Å². The molecular formula is C48H60N12O18S6. The number of hydrogen-bond acceptors (Lipinski definition) is 30. The Labute approximate surface area is 496 Å². The van der Waals surface area contributed by atoms with Gasteiger partial charge in [-0.2, -0.15) is 55.2 Å². The summed E-state index contributed by atoms with van der Waals surface area (Å²) in [6, 6.07) is 15.3. The van der Waals surface area contributed by atoms with Crippen LogP contribution in [-0.2, 0) is 58.5 Å². The molecule has 0 radical (unpaired) electrons. The number of hydrogen-bond donors (Lipinski definition) is 12. The van der Waals surface area contributed by atoms with Gasteiger partial charge in [0, 0.05) is 33.2 Å². The van der Waals surface area contributed by atoms with E-state index in [1.807, 2.05) is 13.8 Å². The second-order valence-electron chi connectivity index (χ2n) is 19.1. The molecule has 4 aromatic carbocycles. The zero-order chi connectivity index (χ0) is 61.2. The van der Waals surface area contributed by atoms with Crippen LogP contribution in [-0.4, -0.2) is 96.7 Å². The molecular weight excluding hydrogens is 1220 g/mol. The minimum absolute atomic E-state index is 0.00634. The summed E-state index contributed by atoms with van der Waals surface area (Å²) in [4.78, 5) is 25.7. The van der Waals surface area contributed by atoms with Gasteiger partial charge in [-0.05, 0) is 110 Å². The Morgan fingerprint density at radius 3 is 1.44 bits per heavy atom. The highest BCUT2D eigenvalue weighted by atomic mass is 32.2. The maximum absolute atomic E-state index is 13.0. The van der Waals surface area contributed by atoms with Crippen LogP contribution in [0.25, 0.3) is 12.2 Å². The van der Waals surface area contributed by atoms with Gasteiger partial charge in [0.2, 0.25) is 35.7 Å². The third-order valence-electron chi connectivity index (χ3n) is 11.6. The molecule has 6 aromatic rings. The van der Waals surface area contributed by atoms with Gasteiger partial charge in [0.05, 0.1) is 57.3 Å². The molecule has 0 aliphatic rings. The van der Waals surface area contributed by atoms with Gasteiger partial charge in [-0.1, -0.05) is 92.8 Å². The predicted octanol–water partition coefficient (Wildman–Crippen LogP) is 11.5. The van der Waals surface area contributed by atoms with E-state index in [1.54, 1.807) is 12.1 Å². The van der Waals surface area contributed by atoms with Crippen molar-refractivity contribution in [3.63, 3.8) is 0 Å². The van der Waals surface area contributed by atoms with Gasteiger partial charge in [0.15, 0.2) is 0 Å². The molecule has 12 N–H and O–H groups in total. The third-order valence-corrected chi connectivity index (χ3v) is 16.1. The normalized spacial score (nSPS) is 12.9. The molecule has 0 spiro atoms. The van der Waals surface area contributed by atoms with E-state index >= 15 is 0 Å². The average molecular weight is 1290 g/mol. The van der Waals surface area contributed by atoms with E-state index in [0.29, 0.717) is 59.2 Å². The lowest BCUT2D eigenvalue weighted by atomic mass is 10.0. The molecule has 0 aliphatic carbocycles. The van der Waals surface area contributed by atoms with E-state index in [0.717, 1.165) is 62.8 Å². The van der Waals surface area contributed by atoms with Crippen molar-refractivity contribution in [2.45, 2.75) is 122 Å². The van der Waals surface area contributed by atoms with E-state index < -0.39 is 45.0 Å². The van der Waals surface area contributed by atoms with Crippen LogP contribution in [0.3, 0.4) is 0 Å². The topological polar surface area (TPSA) is 429 Å². The van der Waals surface area contributed by atoms with E-state index in [-0.39, 0.29) is 85.1 Å². The first-order chi connectivity index (χ1) is 39.8. The summed E-state index contributed by atoms with van der Waals surface area (Å²) in [6.07, 6.45) is 8.01. The lowest BCUT2D eigenvalue weighted by molar-refractivity contribution is -0.432. The van der Waals surface area contributed by atoms with Gasteiger partial charge < -0.3 is 31.9 Å². The van der Waals surface area contributed by atoms with Gasteiger partial charge in [-0.3, -0.25) is 13.7 Å². The zero-order valence-electron chi connectivity index (χ0n) is 45.3. The van der Waals surface area contributed by atoms with Gasteiger partial charge in [0.25, 0.3) is 30.4 Å². The van der Waals surface area contributed by atoms with E-state index in [1.165, 1.54) is 48.6 Å². The minimum Gasteiger partial charge on any atom is -0.352 e. The number of nitrogens with one attached hydrogen (secondary N) is 6. The van der Waals surface area contributed by atoms with Crippen molar-refractivity contribution in [3.8, 4) is 0 Å². The lowest BCUT2D eigenvalue weighted by Gasteiger charge is -2.17. The second-order valence-corrected chi connectivity index (χ2v) is 25.6. The SMILES string of the molecule is CC(C)CCCC(C)Nc1nc(Nc2ccc(C=Cc3ccc(Nc4nc(Nc5cc(SOOO)ccc5S(=O)(=O)O)nc(NC(C)CCCC(C)C)n4)cc3SOOO)c(S(=O)(=O)O)c2)nc(Nc2cc(S(=O)(=O)O)ccc2SOOO)n1. The summed E-state index contributed by atoms with van der Waals surface area (Å²) >= 11 is 1.55. The molecule has 0 amide bonds. The van der Waals surface area contributed by atoms with Gasteiger partial charge in [-0.25, -0.2) is 15.8 Å². The largest absolute Gasteiger partial charge is 0.352 e. The van der Waals surface area contributed by atoms with Crippen LogP contribution in [0.5, 0.6) is 0 Å². The van der Waals surface area contributed by atoms with Crippen LogP contribution >= 0.6 is 36.1 Å². The monoisotopic (exact) mass is 1280 g/mol. The molecule has 30 nitrogen and oxygen atoms in total. The van der Waals surface area contributed by atoms with Crippen molar-refractivity contribution in [1.29, 1.82) is 0 Å². The Kier molecular flexibility index (Phi) is 25.0. The number of rotatable bonds is 34. The standard InChI is InChI=1S/C48H60N12O18S6/c1-27(2)9-7-11-29(5)49-43-56-46(59-47(57-43)53-37-26-36(82(64,65)66)20-21-39(37)80-77-74-62)52-34-18-16-32(42(24-34)84(70,71)72)14-13-31-15-17-33(23-40(31)81-78-75-63)51-45-55-44(50-30(6)12-8-10-28(3)4)58-48(60-45)54-38-25-35(79-76-73-61)19-22-41(38)83(67,68)69/h13-30,61-63H,7-12H2,1-6H3,(H,64,65,66)(H,67,68,69)(H,70,71,72)(H3,49,52,53,56,57,59)(H3,50,51,54,55,58,60). The molecule has 2 aromatic heterocycles. The maximum atomic E-state index is 13.0. The summed E-state index contributed by atoms with van der Waals surface area (Å²) in [7, 11) is -14.5. The second kappa shape index (κ2) is 31.3. The van der Waals surface area contributed by atoms with Gasteiger partial charge in [0.1, 0.15) is 9.79 Å². The Balaban J connectivity index is 1.32. The Bertz CT molecular complexity index is 3580. The third kappa shape index (κ3) is 21.4. The van der Waals surface area contributed by atoms with Crippen molar-refractivity contribution < 1.29 is 82.8 Å². The van der Waals surface area contributed by atoms with Crippen LogP contribution in [0.2, 0.25) is 0 Å². The highest BCUT2D eigenvalue weighted by molar-refractivity contribution is 7.95. The number of benzene rings is 4. The van der Waals surface area contributed by atoms with E-state index in [4.69, 9.17) is 20.1 Å². The summed E-state index contributed by atoms with van der Waals surface area (Å²) in [5.41, 5.74) is 0.508. The van der Waals surface area contributed by atoms with E-state index in [9.17, 15) is 38.9 Å². The van der Waals surface area contributed by atoms with Crippen LogP contribution in [0.1, 0.15) is 91.2 Å². The quantitative estimate of drug-likeness (QED) is 0.00587. The lowest BCUT2D eigenvalue weighted by Crippen LogP contribution is -2.18. The fourth-order valence-electron chi connectivity index (χ4n) is 7.71. The highest BCUT2D eigenvalue weighted by Gasteiger charge is 2.22. The van der Waals surface area contributed by atoms with E-state index in [2.05, 4.69) is 113 Å². The van der Waals surface area contributed by atoms with Crippen molar-refractivity contribution in [3.05, 3.63) is 83.9 Å². The molecule has 0 bridgehead atoms. The Morgan fingerprint density at radius 1 is 0.464 bits per heavy atom. The summed E-state index contributed by atoms with van der Waals surface area (Å²) in [5.74, 6) is 0.430. The van der Waals surface area contributed by atoms with Crippen LogP contribution in [0, 0.1) is 11.8 Å². The molecule has 6 rings (SSSR count). The van der Waals surface area contributed by atoms with Gasteiger partial charge >= 0.3 is 0 Å². The summed E-state index contributed by atoms with van der Waals surface area (Å²) in [5, 5.41) is 55.9. The highest BCUT2D eigenvalue weighted by Crippen LogP contribution is 2.36. The minimum atomic E-state index is -4.96. The molecule has 84 heavy (non-hydrogen) atoms. The zero-order valence-corrected chi connectivity index (χ0v) is 50.2. The van der Waals surface area contributed by atoms with Crippen LogP contribution in [0.15, 0.2) is 102 Å². The maximum Gasteiger partial charge on any atom is 0.296 e. The molecule has 36 heteroatoms. The first-order valence-corrected chi connectivity index (χ1v) is 31.6. The fourth-order valence-corrected chi connectivity index (χ4v) is 10.9. The smallest absolute Gasteiger partial charge is 0.296 e. The fraction of sp³-hybridized carbons (Fsp3) is 0.333. The van der Waals surface area contributed by atoms with Crippen molar-refractivity contribution in [1.82, 2.24) is 29.9 Å². The molecule has 2 atom stereocenters. The number of anilines is 10. The molecule has 2 unspecified atom stereocenters. The summed E-state index contributed by atoms with van der Waals surface area (Å²) in [6.45, 7) is 12.3. The number of aromatic nitrogens is 6. The molecule has 0 saturated heterocycles. The molecule has 456 valence electrons. The van der Waals surface area contributed by atoms with Gasteiger partial charge in [-0.15, -0.1) is 13.0 Å². The number of nitrogens with zero attached hydrogens (tertiary/aromatic N) is 6. The summed E-state index contributed by atoms with van der Waals surface area (Å²) < 4.78 is 119.